The van der Waals surface area contributed by atoms with Crippen molar-refractivity contribution in [2.75, 3.05) is 0 Å². The molecule has 3 aliphatic carbocycles. The van der Waals surface area contributed by atoms with Crippen LogP contribution < -0.4 is 0 Å². The van der Waals surface area contributed by atoms with Crippen molar-refractivity contribution in [3.63, 3.8) is 0 Å². The van der Waals surface area contributed by atoms with E-state index in [-0.39, 0.29) is 4.87 Å². The highest BCUT2D eigenvalue weighted by atomic mass is 35.5. The van der Waals surface area contributed by atoms with Gasteiger partial charge < -0.3 is 0 Å². The molecule has 0 N–H and O–H groups in total. The van der Waals surface area contributed by atoms with E-state index < -0.39 is 0 Å². The van der Waals surface area contributed by atoms with Gasteiger partial charge in [0.1, 0.15) is 0 Å². The summed E-state index contributed by atoms with van der Waals surface area (Å²) in [6, 6.07) is 0. The molecule has 0 radical (unpaired) electrons. The number of hydrogen-bond acceptors (Lipinski definition) is 0. The van der Waals surface area contributed by atoms with Gasteiger partial charge in [0.15, 0.2) is 0 Å². The summed E-state index contributed by atoms with van der Waals surface area (Å²) in [5.74, 6) is 0. The first-order valence-electron chi connectivity index (χ1n) is 4.17. The molecule has 0 nitrogen and oxygen atoms in total. The van der Waals surface area contributed by atoms with Crippen molar-refractivity contribution in [1.82, 2.24) is 0 Å². The van der Waals surface area contributed by atoms with Gasteiger partial charge in [-0.25, -0.2) is 0 Å². The molecule has 12 heavy (non-hydrogen) atoms. The van der Waals surface area contributed by atoms with Gasteiger partial charge >= 0.3 is 0 Å². The third kappa shape index (κ3) is 0.800. The van der Waals surface area contributed by atoms with Crippen molar-refractivity contribution in [2.45, 2.75) is 24.1 Å². The largest absolute Gasteiger partial charge is 0.114 e. The van der Waals surface area contributed by atoms with Gasteiger partial charge in [0, 0.05) is 11.5 Å². The monoisotopic (exact) mass is 198 g/mol. The quantitative estimate of drug-likeness (QED) is 0.523. The molecule has 0 spiro atoms. The first kappa shape index (κ1) is 7.23. The van der Waals surface area contributed by atoms with Crippen molar-refractivity contribution in [3.8, 4) is 0 Å². The average Bonchev–Trinajstić information content (AvgIpc) is 2.60. The Kier molecular flexibility index (Phi) is 1.20. The van der Waals surface area contributed by atoms with Crippen LogP contribution >= 0.6 is 23.2 Å². The van der Waals surface area contributed by atoms with E-state index in [4.69, 9.17) is 23.2 Å². The molecule has 1 saturated carbocycles. The summed E-state index contributed by atoms with van der Waals surface area (Å²) in [4.78, 5) is 0.0131. The Morgan fingerprint density at radius 2 is 2.17 bits per heavy atom. The molecule has 3 rings (SSSR count). The van der Waals surface area contributed by atoms with Gasteiger partial charge in [0.2, 0.25) is 0 Å². The van der Waals surface area contributed by atoms with E-state index in [0.29, 0.717) is 0 Å². The molecule has 1 atom stereocenters. The molecule has 2 heteroatoms. The van der Waals surface area contributed by atoms with Crippen LogP contribution in [0, 0.1) is 0 Å². The number of alkyl halides is 1. The lowest BCUT2D eigenvalue weighted by atomic mass is 9.99. The number of rotatable bonds is 0. The fourth-order valence-electron chi connectivity index (χ4n) is 2.13. The number of halogens is 2. The van der Waals surface area contributed by atoms with E-state index in [1.165, 1.54) is 16.7 Å². The third-order valence-corrected chi connectivity index (χ3v) is 3.62. The van der Waals surface area contributed by atoms with Crippen LogP contribution in [0.3, 0.4) is 0 Å². The lowest BCUT2D eigenvalue weighted by Crippen LogP contribution is -1.96. The smallest absolute Gasteiger partial charge is 0.0742 e. The zero-order valence-electron chi connectivity index (χ0n) is 6.53. The molecular weight excluding hydrogens is 191 g/mol. The zero-order chi connectivity index (χ0) is 8.34. The van der Waals surface area contributed by atoms with Crippen molar-refractivity contribution in [2.24, 2.45) is 0 Å². The Balaban J connectivity index is 2.14. The molecule has 62 valence electrons. The Morgan fingerprint density at radius 1 is 1.33 bits per heavy atom. The minimum Gasteiger partial charge on any atom is -0.114 e. The second kappa shape index (κ2) is 2.00. The molecule has 0 aromatic heterocycles. The van der Waals surface area contributed by atoms with Crippen LogP contribution in [-0.4, -0.2) is 4.87 Å². The average molecular weight is 199 g/mol. The van der Waals surface area contributed by atoms with Crippen LogP contribution in [0.2, 0.25) is 0 Å². The summed E-state index contributed by atoms with van der Waals surface area (Å²) < 4.78 is 0. The summed E-state index contributed by atoms with van der Waals surface area (Å²) in [7, 11) is 0. The second-order valence-electron chi connectivity index (χ2n) is 3.74. The molecule has 0 aromatic carbocycles. The normalized spacial score (nSPS) is 37.2. The second-order valence-corrected chi connectivity index (χ2v) is 4.94. The Morgan fingerprint density at radius 3 is 3.00 bits per heavy atom. The minimum atomic E-state index is 0.0131. The van der Waals surface area contributed by atoms with E-state index in [1.54, 1.807) is 0 Å². The van der Waals surface area contributed by atoms with Crippen molar-refractivity contribution < 1.29 is 0 Å². The van der Waals surface area contributed by atoms with Gasteiger partial charge in [-0.2, -0.15) is 0 Å². The molecular formula is C10H8Cl2. The molecule has 0 bridgehead atoms. The lowest BCUT2D eigenvalue weighted by Gasteiger charge is -2.10. The highest BCUT2D eigenvalue weighted by Gasteiger charge is 2.54. The molecule has 0 saturated heterocycles. The standard InChI is InChI=1S/C10H8Cl2/c11-7-2-1-6-4-10(12)5-9(10)8(6)3-7/h1,3H,2,4-5H2. The molecule has 0 aromatic rings. The van der Waals surface area contributed by atoms with Gasteiger partial charge in [0.05, 0.1) is 4.87 Å². The fraction of sp³-hybridized carbons (Fsp3) is 0.400. The van der Waals surface area contributed by atoms with Crippen LogP contribution in [0.25, 0.3) is 0 Å². The van der Waals surface area contributed by atoms with E-state index in [0.717, 1.165) is 24.3 Å². The maximum absolute atomic E-state index is 6.29. The van der Waals surface area contributed by atoms with Gasteiger partial charge in [-0.3, -0.25) is 0 Å². The molecule has 0 heterocycles. The predicted molar refractivity (Wildman–Crippen MR) is 51.5 cm³/mol. The molecule has 0 aliphatic heterocycles. The SMILES string of the molecule is ClC1=CC2=C3CC3(Cl)CC2=CC1. The Bertz CT molecular complexity index is 360. The molecule has 1 fully saturated rings. The fourth-order valence-corrected chi connectivity index (χ4v) is 2.70. The summed E-state index contributed by atoms with van der Waals surface area (Å²) >= 11 is 12.2. The third-order valence-electron chi connectivity index (χ3n) is 2.86. The van der Waals surface area contributed by atoms with E-state index in [9.17, 15) is 0 Å². The van der Waals surface area contributed by atoms with Crippen LogP contribution in [0.5, 0.6) is 0 Å². The molecule has 1 unspecified atom stereocenters. The van der Waals surface area contributed by atoms with E-state index >= 15 is 0 Å². The maximum Gasteiger partial charge on any atom is 0.0742 e. The van der Waals surface area contributed by atoms with Gasteiger partial charge in [-0.1, -0.05) is 17.7 Å². The van der Waals surface area contributed by atoms with Crippen LogP contribution in [0.15, 0.2) is 33.9 Å². The van der Waals surface area contributed by atoms with Crippen LogP contribution in [0.4, 0.5) is 0 Å². The Hall–Kier alpha value is -0.200. The van der Waals surface area contributed by atoms with Crippen LogP contribution in [0.1, 0.15) is 19.3 Å². The predicted octanol–water partition coefficient (Wildman–Crippen LogP) is 3.52. The highest BCUT2D eigenvalue weighted by Crippen LogP contribution is 2.62. The van der Waals surface area contributed by atoms with E-state index in [1.807, 2.05) is 0 Å². The van der Waals surface area contributed by atoms with Gasteiger partial charge in [-0.15, -0.1) is 11.6 Å². The topological polar surface area (TPSA) is 0 Å². The Labute approximate surface area is 81.5 Å². The first-order valence-corrected chi connectivity index (χ1v) is 4.93. The number of hydrogen-bond donors (Lipinski definition) is 0. The summed E-state index contributed by atoms with van der Waals surface area (Å²) in [6.45, 7) is 0. The first-order chi connectivity index (χ1) is 5.69. The maximum atomic E-state index is 6.29. The van der Waals surface area contributed by atoms with Gasteiger partial charge in [-0.05, 0) is 35.6 Å². The van der Waals surface area contributed by atoms with Crippen molar-refractivity contribution in [1.29, 1.82) is 0 Å². The highest BCUT2D eigenvalue weighted by molar-refractivity contribution is 6.31. The van der Waals surface area contributed by atoms with Crippen molar-refractivity contribution in [3.05, 3.63) is 33.9 Å². The summed E-state index contributed by atoms with van der Waals surface area (Å²) in [6.07, 6.45) is 7.28. The van der Waals surface area contributed by atoms with E-state index in [2.05, 4.69) is 12.2 Å². The number of fused-ring (bicyclic) bond motifs is 2. The van der Waals surface area contributed by atoms with Gasteiger partial charge in [0.25, 0.3) is 0 Å². The van der Waals surface area contributed by atoms with Crippen molar-refractivity contribution >= 4 is 23.2 Å². The summed E-state index contributed by atoms with van der Waals surface area (Å²) in [5, 5.41) is 0.939. The summed E-state index contributed by atoms with van der Waals surface area (Å²) in [5.41, 5.74) is 4.16. The zero-order valence-corrected chi connectivity index (χ0v) is 8.04. The number of allylic oxidation sites excluding steroid dienone is 6. The minimum absolute atomic E-state index is 0.0131. The van der Waals surface area contributed by atoms with Crippen LogP contribution in [-0.2, 0) is 0 Å². The lowest BCUT2D eigenvalue weighted by molar-refractivity contribution is 0.914. The molecule has 0 amide bonds. The molecule has 3 aliphatic rings.